The summed E-state index contributed by atoms with van der Waals surface area (Å²) in [5.41, 5.74) is 4.93. The summed E-state index contributed by atoms with van der Waals surface area (Å²) in [4.78, 5) is 28.3. The van der Waals surface area contributed by atoms with Crippen LogP contribution < -0.4 is 15.4 Å². The Bertz CT molecular complexity index is 1160. The fraction of sp³-hybridized carbons (Fsp3) is 0.143. The van der Waals surface area contributed by atoms with E-state index in [1.165, 1.54) is 0 Å². The molecule has 0 unspecified atom stereocenters. The topological polar surface area (TPSA) is 105 Å². The maximum atomic E-state index is 11.9. The quantitative estimate of drug-likeness (QED) is 0.482. The average Bonchev–Trinajstić information content (AvgIpc) is 3.16. The third kappa shape index (κ3) is 3.86. The van der Waals surface area contributed by atoms with Crippen LogP contribution in [-0.2, 0) is 0 Å². The number of methoxy groups -OCH3 is 1. The van der Waals surface area contributed by atoms with Crippen LogP contribution in [0.5, 0.6) is 5.75 Å². The molecule has 0 aliphatic carbocycles. The van der Waals surface area contributed by atoms with E-state index >= 15 is 0 Å². The molecule has 1 aromatic carbocycles. The molecule has 29 heavy (non-hydrogen) atoms. The molecule has 8 nitrogen and oxygen atoms in total. The van der Waals surface area contributed by atoms with E-state index in [1.807, 2.05) is 37.3 Å². The second kappa shape index (κ2) is 7.97. The zero-order valence-corrected chi connectivity index (χ0v) is 16.1. The number of fused-ring (bicyclic) bond motifs is 1. The zero-order valence-electron chi connectivity index (χ0n) is 16.1. The number of H-pyrrole nitrogens is 1. The number of urea groups is 1. The standard InChI is InChI=1S/C21H20N6O2/c1-3-23-21(28)27-20-25-18-10-14(13-5-4-7-22-12-13)9-16(19(18)26-20)17-11-15(29-2)6-8-24-17/h4-12H,3H2,1-2H3,(H3,23,25,26,27,28). The number of hydrogen-bond donors (Lipinski definition) is 3. The van der Waals surface area contributed by atoms with E-state index in [0.717, 1.165) is 27.9 Å². The van der Waals surface area contributed by atoms with Crippen LogP contribution in [-0.4, -0.2) is 39.6 Å². The molecule has 3 N–H and O–H groups in total. The highest BCUT2D eigenvalue weighted by Gasteiger charge is 2.15. The molecule has 4 aromatic rings. The lowest BCUT2D eigenvalue weighted by atomic mass is 10.0. The SMILES string of the molecule is CCNC(=O)Nc1nc2c(-c3cc(OC)ccn3)cc(-c3cccnc3)cc2[nH]1. The Balaban J connectivity index is 1.88. The summed E-state index contributed by atoms with van der Waals surface area (Å²) < 4.78 is 5.34. The Morgan fingerprint density at radius 1 is 1.17 bits per heavy atom. The molecule has 0 aliphatic rings. The molecule has 0 fully saturated rings. The molecule has 8 heteroatoms. The predicted octanol–water partition coefficient (Wildman–Crippen LogP) is 3.84. The van der Waals surface area contributed by atoms with Gasteiger partial charge in [0.1, 0.15) is 5.75 Å². The number of carbonyl (C=O) groups is 1. The minimum Gasteiger partial charge on any atom is -0.497 e. The van der Waals surface area contributed by atoms with Crippen molar-refractivity contribution in [3.05, 3.63) is 55.0 Å². The third-order valence-corrected chi connectivity index (χ3v) is 4.39. The van der Waals surface area contributed by atoms with Crippen molar-refractivity contribution in [2.24, 2.45) is 0 Å². The van der Waals surface area contributed by atoms with Crippen LogP contribution in [0.3, 0.4) is 0 Å². The van der Waals surface area contributed by atoms with Crippen molar-refractivity contribution in [3.63, 3.8) is 0 Å². The van der Waals surface area contributed by atoms with Crippen LogP contribution in [0.25, 0.3) is 33.4 Å². The minimum atomic E-state index is -0.319. The van der Waals surface area contributed by atoms with Crippen molar-refractivity contribution >= 4 is 23.0 Å². The first kappa shape index (κ1) is 18.4. The smallest absolute Gasteiger partial charge is 0.321 e. The highest BCUT2D eigenvalue weighted by Crippen LogP contribution is 2.33. The molecule has 3 aromatic heterocycles. The van der Waals surface area contributed by atoms with Crippen molar-refractivity contribution in [3.8, 4) is 28.1 Å². The van der Waals surface area contributed by atoms with Gasteiger partial charge in [0.15, 0.2) is 0 Å². The number of amides is 2. The van der Waals surface area contributed by atoms with E-state index in [-0.39, 0.29) is 6.03 Å². The van der Waals surface area contributed by atoms with Gasteiger partial charge in [0.2, 0.25) is 5.95 Å². The fourth-order valence-electron chi connectivity index (χ4n) is 3.07. The van der Waals surface area contributed by atoms with E-state index in [2.05, 4.69) is 30.6 Å². The van der Waals surface area contributed by atoms with Gasteiger partial charge in [0, 0.05) is 42.3 Å². The summed E-state index contributed by atoms with van der Waals surface area (Å²) >= 11 is 0. The van der Waals surface area contributed by atoms with Crippen LogP contribution in [0.2, 0.25) is 0 Å². The second-order valence-corrected chi connectivity index (χ2v) is 6.31. The van der Waals surface area contributed by atoms with Gasteiger partial charge in [0.05, 0.1) is 23.8 Å². The Morgan fingerprint density at radius 3 is 2.83 bits per heavy atom. The molecule has 0 spiro atoms. The molecule has 4 rings (SSSR count). The highest BCUT2D eigenvalue weighted by molar-refractivity contribution is 5.98. The van der Waals surface area contributed by atoms with E-state index in [9.17, 15) is 4.79 Å². The van der Waals surface area contributed by atoms with Gasteiger partial charge in [-0.2, -0.15) is 0 Å². The molecule has 0 saturated heterocycles. The van der Waals surface area contributed by atoms with Crippen LogP contribution in [0.15, 0.2) is 55.0 Å². The number of nitrogens with one attached hydrogen (secondary N) is 3. The molecular formula is C21H20N6O2. The van der Waals surface area contributed by atoms with Gasteiger partial charge < -0.3 is 15.0 Å². The molecule has 146 valence electrons. The first-order valence-corrected chi connectivity index (χ1v) is 9.17. The first-order valence-electron chi connectivity index (χ1n) is 9.17. The Labute approximate surface area is 167 Å². The van der Waals surface area contributed by atoms with Crippen LogP contribution >= 0.6 is 0 Å². The van der Waals surface area contributed by atoms with Crippen molar-refractivity contribution < 1.29 is 9.53 Å². The summed E-state index contributed by atoms with van der Waals surface area (Å²) in [5.74, 6) is 1.06. The van der Waals surface area contributed by atoms with Crippen molar-refractivity contribution in [1.82, 2.24) is 25.3 Å². The number of hydrogen-bond acceptors (Lipinski definition) is 5. The zero-order chi connectivity index (χ0) is 20.2. The molecule has 0 aliphatic heterocycles. The maximum Gasteiger partial charge on any atom is 0.321 e. The Morgan fingerprint density at radius 2 is 2.07 bits per heavy atom. The molecule has 3 heterocycles. The predicted molar refractivity (Wildman–Crippen MR) is 112 cm³/mol. The number of benzene rings is 1. The van der Waals surface area contributed by atoms with E-state index in [0.29, 0.717) is 23.8 Å². The van der Waals surface area contributed by atoms with Crippen molar-refractivity contribution in [2.45, 2.75) is 6.92 Å². The summed E-state index contributed by atoms with van der Waals surface area (Å²) in [6.45, 7) is 2.38. The Hall–Kier alpha value is -3.94. The van der Waals surface area contributed by atoms with Gasteiger partial charge in [-0.1, -0.05) is 6.07 Å². The van der Waals surface area contributed by atoms with Crippen LogP contribution in [0.4, 0.5) is 10.7 Å². The van der Waals surface area contributed by atoms with Crippen LogP contribution in [0.1, 0.15) is 6.92 Å². The molecular weight excluding hydrogens is 368 g/mol. The van der Waals surface area contributed by atoms with Gasteiger partial charge in [-0.25, -0.2) is 9.78 Å². The maximum absolute atomic E-state index is 11.9. The van der Waals surface area contributed by atoms with Crippen molar-refractivity contribution in [1.29, 1.82) is 0 Å². The molecule has 0 bridgehead atoms. The van der Waals surface area contributed by atoms with Crippen LogP contribution in [0, 0.1) is 0 Å². The fourth-order valence-corrected chi connectivity index (χ4v) is 3.07. The molecule has 0 saturated carbocycles. The number of aromatic amines is 1. The first-order chi connectivity index (χ1) is 14.2. The summed E-state index contributed by atoms with van der Waals surface area (Å²) in [6.07, 6.45) is 5.22. The minimum absolute atomic E-state index is 0.319. The normalized spacial score (nSPS) is 10.7. The lowest BCUT2D eigenvalue weighted by Crippen LogP contribution is -2.28. The third-order valence-electron chi connectivity index (χ3n) is 4.39. The summed E-state index contributed by atoms with van der Waals surface area (Å²) in [5, 5.41) is 5.41. The van der Waals surface area contributed by atoms with Gasteiger partial charge >= 0.3 is 6.03 Å². The molecule has 2 amide bonds. The number of ether oxygens (including phenoxy) is 1. The highest BCUT2D eigenvalue weighted by atomic mass is 16.5. The Kier molecular flexibility index (Phi) is 5.07. The summed E-state index contributed by atoms with van der Waals surface area (Å²) in [6, 6.07) is 11.2. The lowest BCUT2D eigenvalue weighted by Gasteiger charge is -2.08. The summed E-state index contributed by atoms with van der Waals surface area (Å²) in [7, 11) is 1.61. The van der Waals surface area contributed by atoms with E-state index < -0.39 is 0 Å². The van der Waals surface area contributed by atoms with Gasteiger partial charge in [-0.05, 0) is 36.8 Å². The number of anilines is 1. The molecule has 0 radical (unpaired) electrons. The number of carbonyl (C=O) groups excluding carboxylic acids is 1. The monoisotopic (exact) mass is 388 g/mol. The second-order valence-electron chi connectivity index (χ2n) is 6.31. The number of imidazole rings is 1. The van der Waals surface area contributed by atoms with E-state index in [1.54, 1.807) is 31.8 Å². The average molecular weight is 388 g/mol. The number of aromatic nitrogens is 4. The van der Waals surface area contributed by atoms with Gasteiger partial charge in [0.25, 0.3) is 0 Å². The number of nitrogens with zero attached hydrogens (tertiary/aromatic N) is 3. The largest absolute Gasteiger partial charge is 0.497 e. The molecule has 0 atom stereocenters. The lowest BCUT2D eigenvalue weighted by molar-refractivity contribution is 0.252. The van der Waals surface area contributed by atoms with Gasteiger partial charge in [-0.15, -0.1) is 0 Å². The van der Waals surface area contributed by atoms with Gasteiger partial charge in [-0.3, -0.25) is 15.3 Å². The number of rotatable bonds is 5. The van der Waals surface area contributed by atoms with Crippen molar-refractivity contribution in [2.75, 3.05) is 19.0 Å². The number of pyridine rings is 2. The van der Waals surface area contributed by atoms with E-state index in [4.69, 9.17) is 4.74 Å².